The summed E-state index contributed by atoms with van der Waals surface area (Å²) in [6, 6.07) is 7.34. The molecule has 1 aliphatic heterocycles. The fourth-order valence-electron chi connectivity index (χ4n) is 2.10. The number of hydrogen-bond acceptors (Lipinski definition) is 3. The van der Waals surface area contributed by atoms with E-state index in [-0.39, 0.29) is 23.6 Å². The average molecular weight is 386 g/mol. The smallest absolute Gasteiger partial charge is 0.233 e. The number of carbonyl (C=O) groups is 2. The summed E-state index contributed by atoms with van der Waals surface area (Å²) in [6.45, 7) is 0. The lowest BCUT2D eigenvalue weighted by Gasteiger charge is -2.13. The van der Waals surface area contributed by atoms with Gasteiger partial charge in [-0.2, -0.15) is 0 Å². The Balaban J connectivity index is 1.98. The highest BCUT2D eigenvalue weighted by molar-refractivity contribution is 9.10. The molecule has 4 nitrogen and oxygen atoms in total. The van der Waals surface area contributed by atoms with E-state index in [4.69, 9.17) is 11.6 Å². The molecule has 108 valence electrons. The zero-order valence-corrected chi connectivity index (χ0v) is 13.8. The van der Waals surface area contributed by atoms with Crippen LogP contribution >= 0.6 is 38.9 Å². The highest BCUT2D eigenvalue weighted by Crippen LogP contribution is 2.39. The average Bonchev–Trinajstić information content (AvgIpc) is 2.79. The lowest BCUT2D eigenvalue weighted by molar-refractivity contribution is -0.123. The summed E-state index contributed by atoms with van der Waals surface area (Å²) in [5.74, 6) is -0.644. The second-order valence-electron chi connectivity index (χ2n) is 4.57. The monoisotopic (exact) mass is 384 g/mol. The van der Waals surface area contributed by atoms with Gasteiger partial charge >= 0.3 is 0 Å². The van der Waals surface area contributed by atoms with E-state index < -0.39 is 0 Å². The van der Waals surface area contributed by atoms with Crippen LogP contribution in [0.4, 0.5) is 11.4 Å². The van der Waals surface area contributed by atoms with Gasteiger partial charge in [0.2, 0.25) is 11.8 Å². The van der Waals surface area contributed by atoms with Crippen LogP contribution in [-0.2, 0) is 9.59 Å². The summed E-state index contributed by atoms with van der Waals surface area (Å²) in [5.41, 5.74) is 2.01. The summed E-state index contributed by atoms with van der Waals surface area (Å²) in [6.07, 6.45) is -0.176. The van der Waals surface area contributed by atoms with Crippen molar-refractivity contribution in [2.24, 2.45) is 0 Å². The van der Waals surface area contributed by atoms with Crippen LogP contribution in [0.25, 0.3) is 0 Å². The Morgan fingerprint density at radius 1 is 1.14 bits per heavy atom. The molecule has 0 saturated heterocycles. The number of benzene rings is 1. The van der Waals surface area contributed by atoms with Crippen molar-refractivity contribution in [1.82, 2.24) is 0 Å². The van der Waals surface area contributed by atoms with Gasteiger partial charge in [-0.15, -0.1) is 22.9 Å². The van der Waals surface area contributed by atoms with Gasteiger partial charge < -0.3 is 10.6 Å². The number of amides is 2. The van der Waals surface area contributed by atoms with Crippen molar-refractivity contribution >= 4 is 62.1 Å². The van der Waals surface area contributed by atoms with Gasteiger partial charge in [0.15, 0.2) is 0 Å². The van der Waals surface area contributed by atoms with Crippen LogP contribution in [0.1, 0.15) is 22.2 Å². The fourth-order valence-corrected chi connectivity index (χ4v) is 4.25. The van der Waals surface area contributed by atoms with Gasteiger partial charge in [0.25, 0.3) is 0 Å². The van der Waals surface area contributed by atoms with E-state index in [2.05, 4.69) is 26.6 Å². The Labute approximate surface area is 138 Å². The normalized spacial score (nSPS) is 15.7. The van der Waals surface area contributed by atoms with Crippen molar-refractivity contribution in [2.75, 3.05) is 10.6 Å². The maximum Gasteiger partial charge on any atom is 0.233 e. The number of alkyl halides is 1. The predicted molar refractivity (Wildman–Crippen MR) is 88.0 cm³/mol. The molecule has 2 heterocycles. The van der Waals surface area contributed by atoms with Crippen molar-refractivity contribution in [1.29, 1.82) is 0 Å². The number of hydrogen-bond donors (Lipinski definition) is 2. The number of nitrogens with one attached hydrogen (secondary N) is 2. The van der Waals surface area contributed by atoms with Crippen LogP contribution in [0, 0.1) is 0 Å². The quantitative estimate of drug-likeness (QED) is 0.603. The van der Waals surface area contributed by atoms with E-state index >= 15 is 0 Å². The number of halogens is 2. The number of fused-ring (bicyclic) bond motifs is 1. The molecular weight excluding hydrogens is 376 g/mol. The first-order valence-corrected chi connectivity index (χ1v) is 8.26. The molecule has 7 heteroatoms. The van der Waals surface area contributed by atoms with Crippen molar-refractivity contribution in [3.8, 4) is 0 Å². The molecule has 2 N–H and O–H groups in total. The molecule has 0 spiro atoms. The minimum atomic E-state index is -0.327. The first kappa shape index (κ1) is 14.6. The van der Waals surface area contributed by atoms with Crippen LogP contribution in [0.2, 0.25) is 0 Å². The fraction of sp³-hybridized carbons (Fsp3) is 0.143. The lowest BCUT2D eigenvalue weighted by Crippen LogP contribution is -2.16. The minimum Gasteiger partial charge on any atom is -0.324 e. The summed E-state index contributed by atoms with van der Waals surface area (Å²) < 4.78 is 0.958. The number of thiophene rings is 1. The minimum absolute atomic E-state index is 0.176. The van der Waals surface area contributed by atoms with Gasteiger partial charge in [0.1, 0.15) is 6.42 Å². The number of rotatable bonds is 2. The highest BCUT2D eigenvalue weighted by Gasteiger charge is 2.21. The Morgan fingerprint density at radius 3 is 2.52 bits per heavy atom. The summed E-state index contributed by atoms with van der Waals surface area (Å²) in [7, 11) is 0. The van der Waals surface area contributed by atoms with Gasteiger partial charge in [-0.25, -0.2) is 0 Å². The molecule has 0 radical (unpaired) electrons. The number of carbonyl (C=O) groups excluding carboxylic acids is 2. The van der Waals surface area contributed by atoms with Gasteiger partial charge in [-0.3, -0.25) is 9.59 Å². The third kappa shape index (κ3) is 2.97. The van der Waals surface area contributed by atoms with E-state index in [1.54, 1.807) is 23.5 Å². The third-order valence-electron chi connectivity index (χ3n) is 3.08. The molecule has 0 saturated carbocycles. The lowest BCUT2D eigenvalue weighted by atomic mass is 10.1. The van der Waals surface area contributed by atoms with Crippen LogP contribution < -0.4 is 10.6 Å². The van der Waals surface area contributed by atoms with Gasteiger partial charge in [0.05, 0.1) is 16.8 Å². The second kappa shape index (κ2) is 5.79. The third-order valence-corrected chi connectivity index (χ3v) is 5.62. The van der Waals surface area contributed by atoms with Gasteiger partial charge in [-0.1, -0.05) is 6.07 Å². The molecule has 2 aromatic rings. The highest BCUT2D eigenvalue weighted by atomic mass is 79.9. The Bertz CT molecular complexity index is 732. The van der Waals surface area contributed by atoms with Gasteiger partial charge in [0, 0.05) is 9.35 Å². The number of anilines is 2. The summed E-state index contributed by atoms with van der Waals surface area (Å²) >= 11 is 11.5. The van der Waals surface area contributed by atoms with Crippen molar-refractivity contribution in [3.05, 3.63) is 44.6 Å². The topological polar surface area (TPSA) is 58.2 Å². The van der Waals surface area contributed by atoms with Crippen LogP contribution in [-0.4, -0.2) is 11.8 Å². The first-order valence-electron chi connectivity index (χ1n) is 6.15. The molecule has 1 aliphatic rings. The van der Waals surface area contributed by atoms with Crippen molar-refractivity contribution in [3.63, 3.8) is 0 Å². The van der Waals surface area contributed by atoms with Crippen molar-refractivity contribution in [2.45, 2.75) is 11.8 Å². The zero-order chi connectivity index (χ0) is 15.0. The molecule has 0 bridgehead atoms. The largest absolute Gasteiger partial charge is 0.324 e. The molecule has 1 unspecified atom stereocenters. The Kier molecular flexibility index (Phi) is 4.01. The molecule has 1 aromatic heterocycles. The SMILES string of the molecule is O=C1CC(=O)Nc2cc(C(Cl)c3sccc3Br)ccc2N1. The van der Waals surface area contributed by atoms with E-state index in [0.717, 1.165) is 14.9 Å². The Hall–Kier alpha value is -1.37. The molecule has 0 aliphatic carbocycles. The molecular formula is C14H10BrClN2O2S. The van der Waals surface area contributed by atoms with E-state index in [0.29, 0.717) is 11.4 Å². The van der Waals surface area contributed by atoms with Crippen molar-refractivity contribution < 1.29 is 9.59 Å². The van der Waals surface area contributed by atoms with E-state index in [1.165, 1.54) is 0 Å². The standard InChI is InChI=1S/C14H10BrClN2O2S/c15-8-3-4-21-14(8)13(16)7-1-2-9-10(5-7)18-12(20)6-11(19)17-9/h1-5,13H,6H2,(H,17,19)(H,18,20). The molecule has 0 fully saturated rings. The summed E-state index contributed by atoms with van der Waals surface area (Å²) in [4.78, 5) is 24.1. The maximum absolute atomic E-state index is 11.6. The van der Waals surface area contributed by atoms with E-state index in [9.17, 15) is 9.59 Å². The summed E-state index contributed by atoms with van der Waals surface area (Å²) in [5, 5.41) is 7.05. The molecule has 1 aromatic carbocycles. The first-order chi connectivity index (χ1) is 10.0. The van der Waals surface area contributed by atoms with Crippen LogP contribution in [0.3, 0.4) is 0 Å². The molecule has 3 rings (SSSR count). The van der Waals surface area contributed by atoms with Crippen LogP contribution in [0.15, 0.2) is 34.1 Å². The van der Waals surface area contributed by atoms with E-state index in [1.807, 2.05) is 17.5 Å². The maximum atomic E-state index is 11.6. The second-order valence-corrected chi connectivity index (χ2v) is 6.81. The molecule has 21 heavy (non-hydrogen) atoms. The molecule has 2 amide bonds. The van der Waals surface area contributed by atoms with Crippen LogP contribution in [0.5, 0.6) is 0 Å². The van der Waals surface area contributed by atoms with Gasteiger partial charge in [-0.05, 0) is 45.1 Å². The molecule has 1 atom stereocenters. The predicted octanol–water partition coefficient (Wildman–Crippen LogP) is 4.12. The Morgan fingerprint density at radius 2 is 1.86 bits per heavy atom. The zero-order valence-electron chi connectivity index (χ0n) is 10.7.